The Morgan fingerprint density at radius 3 is 2.24 bits per heavy atom. The van der Waals surface area contributed by atoms with Crippen molar-refractivity contribution in [3.8, 4) is 16.8 Å². The van der Waals surface area contributed by atoms with Gasteiger partial charge in [-0.3, -0.25) is 0 Å². The SMILES string of the molecule is CC1(C)C2=C(CCC=C2)c2c1c1oc3ccccc3c1c1c2c2ccccc2n1-c1ccc(-c2ccccc2)cc1. The topological polar surface area (TPSA) is 18.1 Å². The summed E-state index contributed by atoms with van der Waals surface area (Å²) in [5.41, 5.74) is 13.6. The van der Waals surface area contributed by atoms with E-state index in [1.165, 1.54) is 66.0 Å². The zero-order valence-corrected chi connectivity index (χ0v) is 23.2. The van der Waals surface area contributed by atoms with Gasteiger partial charge < -0.3 is 8.98 Å². The summed E-state index contributed by atoms with van der Waals surface area (Å²) in [7, 11) is 0. The van der Waals surface area contributed by atoms with Gasteiger partial charge in [0.05, 0.1) is 16.4 Å². The molecule has 0 spiro atoms. The second kappa shape index (κ2) is 8.11. The lowest BCUT2D eigenvalue weighted by atomic mass is 9.79. The molecule has 7 aromatic rings. The molecule has 0 fully saturated rings. The van der Waals surface area contributed by atoms with E-state index in [0.717, 1.165) is 29.7 Å². The van der Waals surface area contributed by atoms with E-state index in [2.05, 4.69) is 134 Å². The van der Waals surface area contributed by atoms with Gasteiger partial charge in [-0.2, -0.15) is 0 Å². The number of rotatable bonds is 2. The van der Waals surface area contributed by atoms with E-state index in [1.807, 2.05) is 0 Å². The van der Waals surface area contributed by atoms with Crippen LogP contribution >= 0.6 is 0 Å². The summed E-state index contributed by atoms with van der Waals surface area (Å²) in [4.78, 5) is 0. The predicted octanol–water partition coefficient (Wildman–Crippen LogP) is 10.7. The standard InChI is InChI=1S/C39H29NO/c1-39(2)30-17-9-6-14-27(30)33-34-28-15-7-10-18-31(28)40(26-22-20-25(21-23-26)24-12-4-3-5-13-24)37(34)35-29-16-8-11-19-32(29)41-38(35)36(33)39/h3-5,7-13,15-23H,6,14H2,1-2H3. The van der Waals surface area contributed by atoms with Gasteiger partial charge in [0.15, 0.2) is 0 Å². The lowest BCUT2D eigenvalue weighted by Crippen LogP contribution is -2.17. The second-order valence-electron chi connectivity index (χ2n) is 12.0. The first-order valence-electron chi connectivity index (χ1n) is 14.6. The van der Waals surface area contributed by atoms with Crippen LogP contribution in [0.15, 0.2) is 125 Å². The van der Waals surface area contributed by atoms with Crippen LogP contribution in [-0.2, 0) is 5.41 Å². The van der Waals surface area contributed by atoms with E-state index in [0.29, 0.717) is 0 Å². The van der Waals surface area contributed by atoms with Crippen molar-refractivity contribution < 1.29 is 4.42 Å². The minimum atomic E-state index is -0.136. The van der Waals surface area contributed by atoms with Crippen molar-refractivity contribution in [1.82, 2.24) is 4.57 Å². The third-order valence-corrected chi connectivity index (χ3v) is 9.44. The Bertz CT molecular complexity index is 2250. The fourth-order valence-electron chi connectivity index (χ4n) is 7.67. The fourth-order valence-corrected chi connectivity index (χ4v) is 7.67. The first-order chi connectivity index (χ1) is 20.1. The molecule has 0 radical (unpaired) electrons. The largest absolute Gasteiger partial charge is 0.456 e. The van der Waals surface area contributed by atoms with Gasteiger partial charge in [0.25, 0.3) is 0 Å². The number of allylic oxidation sites excluding steroid dienone is 4. The summed E-state index contributed by atoms with van der Waals surface area (Å²) in [5.74, 6) is 0. The molecule has 196 valence electrons. The van der Waals surface area contributed by atoms with Crippen molar-refractivity contribution in [3.05, 3.63) is 132 Å². The maximum absolute atomic E-state index is 6.84. The average molecular weight is 528 g/mol. The van der Waals surface area contributed by atoms with Gasteiger partial charge in [0.1, 0.15) is 11.2 Å². The molecule has 0 unspecified atom stereocenters. The molecule has 0 saturated heterocycles. The highest BCUT2D eigenvalue weighted by molar-refractivity contribution is 6.29. The smallest absolute Gasteiger partial charge is 0.142 e. The molecule has 2 aliphatic rings. The van der Waals surface area contributed by atoms with Crippen molar-refractivity contribution >= 4 is 49.3 Å². The van der Waals surface area contributed by atoms with Crippen LogP contribution in [0.1, 0.15) is 37.8 Å². The predicted molar refractivity (Wildman–Crippen MR) is 172 cm³/mol. The first kappa shape index (κ1) is 22.9. The number of para-hydroxylation sites is 2. The Labute approximate surface area is 238 Å². The second-order valence-corrected chi connectivity index (χ2v) is 12.0. The maximum Gasteiger partial charge on any atom is 0.142 e. The van der Waals surface area contributed by atoms with Crippen LogP contribution in [0.3, 0.4) is 0 Å². The van der Waals surface area contributed by atoms with Crippen LogP contribution in [-0.4, -0.2) is 4.57 Å². The molecule has 2 nitrogen and oxygen atoms in total. The van der Waals surface area contributed by atoms with Crippen molar-refractivity contribution in [2.24, 2.45) is 0 Å². The van der Waals surface area contributed by atoms with E-state index in [4.69, 9.17) is 4.42 Å². The Morgan fingerprint density at radius 2 is 1.41 bits per heavy atom. The van der Waals surface area contributed by atoms with Crippen LogP contribution in [0.2, 0.25) is 0 Å². The number of aromatic nitrogens is 1. The highest BCUT2D eigenvalue weighted by Crippen LogP contribution is 2.57. The molecule has 0 aliphatic heterocycles. The van der Waals surface area contributed by atoms with Crippen molar-refractivity contribution in [2.45, 2.75) is 32.1 Å². The maximum atomic E-state index is 6.84. The number of benzene rings is 5. The lowest BCUT2D eigenvalue weighted by Gasteiger charge is -2.24. The molecular formula is C39H29NO. The number of fused-ring (bicyclic) bond motifs is 11. The van der Waals surface area contributed by atoms with E-state index in [-0.39, 0.29) is 5.41 Å². The number of furan rings is 1. The minimum absolute atomic E-state index is 0.136. The summed E-state index contributed by atoms with van der Waals surface area (Å²) in [6, 6.07) is 37.1. The minimum Gasteiger partial charge on any atom is -0.456 e. The molecule has 41 heavy (non-hydrogen) atoms. The summed E-state index contributed by atoms with van der Waals surface area (Å²) in [6.07, 6.45) is 6.86. The van der Waals surface area contributed by atoms with Crippen molar-refractivity contribution in [1.29, 1.82) is 0 Å². The molecule has 0 amide bonds. The van der Waals surface area contributed by atoms with Crippen LogP contribution in [0.25, 0.3) is 66.1 Å². The lowest BCUT2D eigenvalue weighted by molar-refractivity contribution is 0.615. The molecular weight excluding hydrogens is 498 g/mol. The van der Waals surface area contributed by atoms with Gasteiger partial charge in [-0.05, 0) is 64.9 Å². The normalized spacial score (nSPS) is 15.9. The van der Waals surface area contributed by atoms with E-state index in [9.17, 15) is 0 Å². The molecule has 0 N–H and O–H groups in total. The quantitative estimate of drug-likeness (QED) is 0.219. The molecule has 5 aromatic carbocycles. The monoisotopic (exact) mass is 527 g/mol. The first-order valence-corrected chi connectivity index (χ1v) is 14.6. The Kier molecular flexibility index (Phi) is 4.54. The van der Waals surface area contributed by atoms with E-state index in [1.54, 1.807) is 0 Å². The number of hydrogen-bond acceptors (Lipinski definition) is 1. The number of hydrogen-bond donors (Lipinski definition) is 0. The highest BCUT2D eigenvalue weighted by atomic mass is 16.3. The Hall–Kier alpha value is -4.82. The third-order valence-electron chi connectivity index (χ3n) is 9.44. The van der Waals surface area contributed by atoms with Crippen LogP contribution in [0.4, 0.5) is 0 Å². The van der Waals surface area contributed by atoms with Gasteiger partial charge in [0, 0.05) is 32.8 Å². The van der Waals surface area contributed by atoms with Crippen molar-refractivity contribution in [3.63, 3.8) is 0 Å². The molecule has 9 rings (SSSR count). The van der Waals surface area contributed by atoms with Gasteiger partial charge in [-0.15, -0.1) is 0 Å². The molecule has 2 aliphatic carbocycles. The average Bonchev–Trinajstić information content (AvgIpc) is 3.64. The molecule has 2 heteroatoms. The van der Waals surface area contributed by atoms with Gasteiger partial charge in [-0.25, -0.2) is 0 Å². The van der Waals surface area contributed by atoms with Gasteiger partial charge >= 0.3 is 0 Å². The van der Waals surface area contributed by atoms with E-state index >= 15 is 0 Å². The molecule has 2 heterocycles. The van der Waals surface area contributed by atoms with Crippen molar-refractivity contribution in [2.75, 3.05) is 0 Å². The third kappa shape index (κ3) is 2.97. The van der Waals surface area contributed by atoms with E-state index < -0.39 is 0 Å². The molecule has 0 bridgehead atoms. The number of nitrogens with zero attached hydrogens (tertiary/aromatic N) is 1. The molecule has 0 atom stereocenters. The highest BCUT2D eigenvalue weighted by Gasteiger charge is 2.42. The van der Waals surface area contributed by atoms with Crippen LogP contribution in [0, 0.1) is 0 Å². The zero-order chi connectivity index (χ0) is 27.3. The molecule has 0 saturated carbocycles. The fraction of sp³-hybridized carbons (Fsp3) is 0.128. The summed E-state index contributed by atoms with van der Waals surface area (Å²) in [5, 5.41) is 5.05. The van der Waals surface area contributed by atoms with Crippen LogP contribution in [0.5, 0.6) is 0 Å². The van der Waals surface area contributed by atoms with Gasteiger partial charge in [0.2, 0.25) is 0 Å². The Balaban J connectivity index is 1.48. The summed E-state index contributed by atoms with van der Waals surface area (Å²) < 4.78 is 9.33. The summed E-state index contributed by atoms with van der Waals surface area (Å²) >= 11 is 0. The Morgan fingerprint density at radius 1 is 0.707 bits per heavy atom. The van der Waals surface area contributed by atoms with Crippen LogP contribution < -0.4 is 0 Å². The zero-order valence-electron chi connectivity index (χ0n) is 23.2. The summed E-state index contributed by atoms with van der Waals surface area (Å²) in [6.45, 7) is 4.76. The molecule has 2 aromatic heterocycles. The van der Waals surface area contributed by atoms with Gasteiger partial charge in [-0.1, -0.05) is 105 Å².